The first kappa shape index (κ1) is 31.8. The van der Waals surface area contributed by atoms with Crippen molar-refractivity contribution in [3.05, 3.63) is 182 Å². The van der Waals surface area contributed by atoms with Crippen molar-refractivity contribution in [3.63, 3.8) is 0 Å². The van der Waals surface area contributed by atoms with Crippen molar-refractivity contribution >= 4 is 44.1 Å². The molecule has 0 N–H and O–H groups in total. The first-order valence-electron chi connectivity index (χ1n) is 18.5. The van der Waals surface area contributed by atoms with Gasteiger partial charge in [-0.2, -0.15) is 0 Å². The summed E-state index contributed by atoms with van der Waals surface area (Å²) in [6.45, 7) is 0. The number of benzene rings is 7. The van der Waals surface area contributed by atoms with Crippen LogP contribution in [0.3, 0.4) is 0 Å². The molecule has 0 fully saturated rings. The van der Waals surface area contributed by atoms with E-state index in [-0.39, 0.29) is 0 Å². The fourth-order valence-corrected chi connectivity index (χ4v) is 7.53. The maximum absolute atomic E-state index is 6.50. The Kier molecular flexibility index (Phi) is 7.38. The molecule has 6 heteroatoms. The highest BCUT2D eigenvalue weighted by atomic mass is 16.3. The Morgan fingerprint density at radius 1 is 0.286 bits per heavy atom. The second-order valence-corrected chi connectivity index (χ2v) is 13.8. The van der Waals surface area contributed by atoms with Crippen molar-refractivity contribution in [2.45, 2.75) is 0 Å². The molecule has 11 aromatic rings. The minimum Gasteiger partial charge on any atom is -0.452 e. The lowest BCUT2D eigenvalue weighted by atomic mass is 10.0. The van der Waals surface area contributed by atoms with Gasteiger partial charge in [0.25, 0.3) is 0 Å². The molecule has 0 atom stereocenters. The van der Waals surface area contributed by atoms with Gasteiger partial charge in [-0.25, -0.2) is 19.9 Å². The number of rotatable bonds is 6. The van der Waals surface area contributed by atoms with E-state index in [1.807, 2.05) is 72.8 Å². The van der Waals surface area contributed by atoms with Crippen LogP contribution in [0.5, 0.6) is 0 Å². The molecule has 0 amide bonds. The normalized spacial score (nSPS) is 11.6. The molecule has 0 unspecified atom stereocenters. The molecule has 0 aliphatic rings. The fourth-order valence-electron chi connectivity index (χ4n) is 7.53. The van der Waals surface area contributed by atoms with E-state index in [4.69, 9.17) is 28.8 Å². The van der Waals surface area contributed by atoms with Gasteiger partial charge in [-0.05, 0) is 52.6 Å². The van der Waals surface area contributed by atoms with Crippen molar-refractivity contribution in [1.82, 2.24) is 19.9 Å². The van der Waals surface area contributed by atoms with Crippen LogP contribution in [0.1, 0.15) is 0 Å². The molecule has 0 bridgehead atoms. The molecule has 56 heavy (non-hydrogen) atoms. The summed E-state index contributed by atoms with van der Waals surface area (Å²) in [5.74, 6) is 1.20. The summed E-state index contributed by atoms with van der Waals surface area (Å²) in [5, 5.41) is 1.88. The Balaban J connectivity index is 1.07. The molecule has 0 aliphatic carbocycles. The standard InChI is InChI=1S/C50H30N4O2/c1-3-12-31(13-4-1)33-22-26-35(27-23-33)43-47-45(39-18-7-9-20-41(39)55-47)54-50(51-43)38-17-11-16-37(30-38)44-48-46(40-19-8-10-21-42(40)56-48)53-49(52-44)36-28-24-34(25-29-36)32-14-5-2-6-15-32/h1-30H. The van der Waals surface area contributed by atoms with Crippen LogP contribution in [0, 0.1) is 0 Å². The zero-order valence-corrected chi connectivity index (χ0v) is 29.9. The Bertz CT molecular complexity index is 3220. The number of aromatic nitrogens is 4. The number of para-hydroxylation sites is 2. The van der Waals surface area contributed by atoms with E-state index in [1.165, 1.54) is 0 Å². The van der Waals surface area contributed by atoms with E-state index < -0.39 is 0 Å². The fraction of sp³-hybridized carbons (Fsp3) is 0. The summed E-state index contributed by atoms with van der Waals surface area (Å²) in [6, 6.07) is 61.8. The SMILES string of the molecule is c1ccc(-c2ccc(-c3nc(-c4cccc(-c5nc(-c6ccc(-c7ccccc7)cc6)c6oc7ccccc7c6n5)c4)c4oc5ccccc5c4n3)cc2)cc1. The smallest absolute Gasteiger partial charge is 0.180 e. The van der Waals surface area contributed by atoms with Gasteiger partial charge in [0.15, 0.2) is 22.8 Å². The number of fused-ring (bicyclic) bond motifs is 6. The molecule has 0 radical (unpaired) electrons. The monoisotopic (exact) mass is 718 g/mol. The quantitative estimate of drug-likeness (QED) is 0.170. The summed E-state index contributed by atoms with van der Waals surface area (Å²) < 4.78 is 12.9. The van der Waals surface area contributed by atoms with Crippen molar-refractivity contribution < 1.29 is 8.83 Å². The summed E-state index contributed by atoms with van der Waals surface area (Å²) >= 11 is 0. The predicted octanol–water partition coefficient (Wildman–Crippen LogP) is 13.1. The van der Waals surface area contributed by atoms with Crippen LogP contribution >= 0.6 is 0 Å². The highest BCUT2D eigenvalue weighted by molar-refractivity contribution is 6.08. The Labute approximate surface area is 321 Å². The van der Waals surface area contributed by atoms with Crippen LogP contribution in [0.15, 0.2) is 191 Å². The summed E-state index contributed by atoms with van der Waals surface area (Å²) in [5.41, 5.74) is 13.9. The Morgan fingerprint density at radius 2 is 0.679 bits per heavy atom. The second kappa shape index (κ2) is 13.0. The van der Waals surface area contributed by atoms with Crippen LogP contribution in [0.25, 0.3) is 112 Å². The van der Waals surface area contributed by atoms with Gasteiger partial charge in [0.1, 0.15) is 33.6 Å². The van der Waals surface area contributed by atoms with Gasteiger partial charge in [0, 0.05) is 33.0 Å². The molecule has 11 rings (SSSR count). The lowest BCUT2D eigenvalue weighted by Gasteiger charge is -2.10. The van der Waals surface area contributed by atoms with Gasteiger partial charge < -0.3 is 8.83 Å². The van der Waals surface area contributed by atoms with E-state index >= 15 is 0 Å². The first-order chi connectivity index (χ1) is 27.7. The third-order valence-electron chi connectivity index (χ3n) is 10.3. The van der Waals surface area contributed by atoms with Crippen molar-refractivity contribution in [2.75, 3.05) is 0 Å². The molecule has 262 valence electrons. The van der Waals surface area contributed by atoms with Gasteiger partial charge in [0.2, 0.25) is 0 Å². The number of nitrogens with zero attached hydrogens (tertiary/aromatic N) is 4. The molecule has 0 saturated carbocycles. The van der Waals surface area contributed by atoms with Crippen LogP contribution in [0.2, 0.25) is 0 Å². The zero-order chi connectivity index (χ0) is 37.0. The number of hydrogen-bond acceptors (Lipinski definition) is 6. The van der Waals surface area contributed by atoms with Crippen LogP contribution in [-0.2, 0) is 0 Å². The minimum absolute atomic E-state index is 0.583. The van der Waals surface area contributed by atoms with Gasteiger partial charge >= 0.3 is 0 Å². The lowest BCUT2D eigenvalue weighted by molar-refractivity contribution is 0.667. The molecule has 4 aromatic heterocycles. The third-order valence-corrected chi connectivity index (χ3v) is 10.3. The molecular weight excluding hydrogens is 689 g/mol. The third kappa shape index (κ3) is 5.43. The van der Waals surface area contributed by atoms with E-state index in [1.54, 1.807) is 0 Å². The van der Waals surface area contributed by atoms with E-state index in [9.17, 15) is 0 Å². The summed E-state index contributed by atoms with van der Waals surface area (Å²) in [4.78, 5) is 20.6. The van der Waals surface area contributed by atoms with Crippen LogP contribution in [-0.4, -0.2) is 19.9 Å². The van der Waals surface area contributed by atoms with Crippen molar-refractivity contribution in [2.24, 2.45) is 0 Å². The number of hydrogen-bond donors (Lipinski definition) is 0. The number of furan rings is 2. The van der Waals surface area contributed by atoms with Crippen LogP contribution in [0.4, 0.5) is 0 Å². The second-order valence-electron chi connectivity index (χ2n) is 13.8. The molecular formula is C50H30N4O2. The maximum atomic E-state index is 6.50. The van der Waals surface area contributed by atoms with Gasteiger partial charge in [-0.1, -0.05) is 152 Å². The Morgan fingerprint density at radius 3 is 1.23 bits per heavy atom. The van der Waals surface area contributed by atoms with E-state index in [0.717, 1.165) is 83.2 Å². The molecule has 0 spiro atoms. The predicted molar refractivity (Wildman–Crippen MR) is 225 cm³/mol. The first-order valence-corrected chi connectivity index (χ1v) is 18.5. The topological polar surface area (TPSA) is 77.8 Å². The minimum atomic E-state index is 0.583. The van der Waals surface area contributed by atoms with Crippen molar-refractivity contribution in [3.8, 4) is 67.5 Å². The summed E-state index contributed by atoms with van der Waals surface area (Å²) in [6.07, 6.45) is 0. The lowest BCUT2D eigenvalue weighted by Crippen LogP contribution is -1.96. The largest absolute Gasteiger partial charge is 0.452 e. The molecule has 6 nitrogen and oxygen atoms in total. The maximum Gasteiger partial charge on any atom is 0.180 e. The highest BCUT2D eigenvalue weighted by Crippen LogP contribution is 2.39. The molecule has 7 aromatic carbocycles. The van der Waals surface area contributed by atoms with Crippen molar-refractivity contribution in [1.29, 1.82) is 0 Å². The van der Waals surface area contributed by atoms with Gasteiger partial charge in [-0.3, -0.25) is 0 Å². The van der Waals surface area contributed by atoms with Gasteiger partial charge in [0.05, 0.1) is 0 Å². The average Bonchev–Trinajstić information content (AvgIpc) is 3.85. The highest BCUT2D eigenvalue weighted by Gasteiger charge is 2.21. The van der Waals surface area contributed by atoms with Gasteiger partial charge in [-0.15, -0.1) is 0 Å². The van der Waals surface area contributed by atoms with E-state index in [0.29, 0.717) is 28.5 Å². The van der Waals surface area contributed by atoms with E-state index in [2.05, 4.69) is 109 Å². The Hall–Kier alpha value is -7.70. The molecule has 4 heterocycles. The average molecular weight is 719 g/mol. The van der Waals surface area contributed by atoms with Crippen LogP contribution < -0.4 is 0 Å². The molecule has 0 aliphatic heterocycles. The zero-order valence-electron chi connectivity index (χ0n) is 29.9. The summed E-state index contributed by atoms with van der Waals surface area (Å²) in [7, 11) is 0. The molecule has 0 saturated heterocycles.